The minimum atomic E-state index is -0.911. The number of aliphatic carboxylic acids is 2. The van der Waals surface area contributed by atoms with E-state index >= 15 is 0 Å². The number of carbonyl (C=O) groups is 2. The van der Waals surface area contributed by atoms with Gasteiger partial charge in [-0.2, -0.15) is 0 Å². The predicted octanol–water partition coefficient (Wildman–Crippen LogP) is 2.80. The molecule has 0 radical (unpaired) electrons. The van der Waals surface area contributed by atoms with E-state index in [-0.39, 0.29) is 37.7 Å². The van der Waals surface area contributed by atoms with Gasteiger partial charge in [0.1, 0.15) is 0 Å². The molecule has 0 fully saturated rings. The van der Waals surface area contributed by atoms with E-state index in [1.807, 2.05) is 13.8 Å². The molecule has 0 bridgehead atoms. The Morgan fingerprint density at radius 2 is 1.00 bits per heavy atom. The molecule has 0 rings (SSSR count). The van der Waals surface area contributed by atoms with Crippen molar-refractivity contribution in [1.29, 1.82) is 0 Å². The molecule has 0 spiro atoms. The third-order valence-electron chi connectivity index (χ3n) is 5.09. The van der Waals surface area contributed by atoms with Crippen LogP contribution in [0.3, 0.4) is 0 Å². The molecule has 0 aromatic heterocycles. The molecule has 2 unspecified atom stereocenters. The van der Waals surface area contributed by atoms with Crippen molar-refractivity contribution in [3.05, 3.63) is 0 Å². The van der Waals surface area contributed by atoms with Crippen LogP contribution >= 0.6 is 0 Å². The molecule has 0 aromatic rings. The fourth-order valence-electron chi connectivity index (χ4n) is 2.06. The number of carboxylic acids is 2. The topological polar surface area (TPSA) is 80.3 Å². The molecule has 0 aromatic carbocycles. The molecule has 0 saturated heterocycles. The molecule has 25 heavy (non-hydrogen) atoms. The van der Waals surface area contributed by atoms with Crippen LogP contribution in [0.2, 0.25) is 0 Å². The first-order valence-corrected chi connectivity index (χ1v) is 9.27. The van der Waals surface area contributed by atoms with Crippen LogP contribution in [0.25, 0.3) is 0 Å². The van der Waals surface area contributed by atoms with Crippen molar-refractivity contribution < 1.29 is 19.8 Å². The van der Waals surface area contributed by atoms with Gasteiger partial charge in [0, 0.05) is 22.8 Å². The Kier molecular flexibility index (Phi) is 17.1. The summed E-state index contributed by atoms with van der Waals surface area (Å²) >= 11 is 0. The average molecular weight is 383 g/mol. The Hall–Kier alpha value is 0.200. The van der Waals surface area contributed by atoms with Gasteiger partial charge in [-0.25, -0.2) is 0 Å². The Morgan fingerprint density at radius 3 is 1.12 bits per heavy atom. The maximum absolute atomic E-state index is 10.8. The maximum Gasteiger partial charge on any atom is 2.00 e. The van der Waals surface area contributed by atoms with Gasteiger partial charge in [-0.1, -0.05) is 68.2 Å². The molecule has 5 heteroatoms. The van der Waals surface area contributed by atoms with Gasteiger partial charge in [0.25, 0.3) is 0 Å². The van der Waals surface area contributed by atoms with E-state index in [4.69, 9.17) is 0 Å². The van der Waals surface area contributed by atoms with Crippen LogP contribution in [0.1, 0.15) is 93.9 Å². The van der Waals surface area contributed by atoms with Gasteiger partial charge in [-0.15, -0.1) is 0 Å². The normalized spacial score (nSPS) is 15.4. The van der Waals surface area contributed by atoms with E-state index < -0.39 is 22.8 Å². The van der Waals surface area contributed by atoms with Crippen molar-refractivity contribution in [2.75, 3.05) is 0 Å². The minimum Gasteiger partial charge on any atom is -0.550 e. The van der Waals surface area contributed by atoms with Gasteiger partial charge in [-0.05, 0) is 37.5 Å². The maximum atomic E-state index is 10.8. The number of hydrogen-bond acceptors (Lipinski definition) is 4. The first kappa shape index (κ1) is 29.9. The summed E-state index contributed by atoms with van der Waals surface area (Å²) in [7, 11) is 0. The Balaban J connectivity index is -0.000000372. The average Bonchev–Trinajstić information content (AvgIpc) is 2.50. The number of hydrogen-bond donors (Lipinski definition) is 0. The number of rotatable bonds is 10. The van der Waals surface area contributed by atoms with Crippen molar-refractivity contribution in [2.45, 2.75) is 93.9 Å². The van der Waals surface area contributed by atoms with Crippen LogP contribution in [-0.4, -0.2) is 49.7 Å². The quantitative estimate of drug-likeness (QED) is 0.544. The summed E-state index contributed by atoms with van der Waals surface area (Å²) in [6.45, 7) is 15.7. The van der Waals surface area contributed by atoms with Crippen molar-refractivity contribution in [2.24, 2.45) is 22.7 Å². The van der Waals surface area contributed by atoms with Gasteiger partial charge in [-0.3, -0.25) is 0 Å². The molecule has 0 aliphatic heterocycles. The first-order chi connectivity index (χ1) is 10.8. The zero-order chi connectivity index (χ0) is 19.6. The van der Waals surface area contributed by atoms with Gasteiger partial charge in [0.05, 0.1) is 0 Å². The monoisotopic (exact) mass is 382 g/mol. The summed E-state index contributed by atoms with van der Waals surface area (Å²) in [5.74, 6) is -0.693. The van der Waals surface area contributed by atoms with Gasteiger partial charge < -0.3 is 19.8 Å². The van der Waals surface area contributed by atoms with E-state index in [2.05, 4.69) is 27.7 Å². The summed E-state index contributed by atoms with van der Waals surface area (Å²) in [6, 6.07) is 0. The van der Waals surface area contributed by atoms with E-state index in [0.29, 0.717) is 24.7 Å². The number of carbonyl (C=O) groups excluding carboxylic acids is 2. The van der Waals surface area contributed by atoms with Crippen molar-refractivity contribution in [3.63, 3.8) is 0 Å². The molecule has 2 atom stereocenters. The smallest absolute Gasteiger partial charge is 0.550 e. The fourth-order valence-corrected chi connectivity index (χ4v) is 2.06. The Morgan fingerprint density at radius 1 is 0.760 bits per heavy atom. The minimum absolute atomic E-state index is 0. The van der Waals surface area contributed by atoms with Gasteiger partial charge >= 0.3 is 37.7 Å². The molecule has 0 N–H and O–H groups in total. The zero-order valence-corrected chi connectivity index (χ0v) is 19.9. The molecule has 4 nitrogen and oxygen atoms in total. The van der Waals surface area contributed by atoms with E-state index in [1.54, 1.807) is 13.8 Å². The van der Waals surface area contributed by atoms with Gasteiger partial charge in [0.2, 0.25) is 0 Å². The molecule has 0 aliphatic rings. The van der Waals surface area contributed by atoms with Crippen LogP contribution in [0.15, 0.2) is 0 Å². The van der Waals surface area contributed by atoms with Crippen LogP contribution in [0.5, 0.6) is 0 Å². The summed E-state index contributed by atoms with van der Waals surface area (Å²) in [5, 5.41) is 21.5. The molecule has 0 saturated carbocycles. The molecule has 0 heterocycles. The largest absolute Gasteiger partial charge is 2.00 e. The van der Waals surface area contributed by atoms with E-state index in [9.17, 15) is 19.8 Å². The van der Waals surface area contributed by atoms with Gasteiger partial charge in [0.15, 0.2) is 0 Å². The Labute approximate surface area is 185 Å². The second kappa shape index (κ2) is 14.3. The van der Waals surface area contributed by atoms with Crippen molar-refractivity contribution in [1.82, 2.24) is 0 Å². The summed E-state index contributed by atoms with van der Waals surface area (Å²) < 4.78 is 0. The molecule has 144 valence electrons. The SMILES string of the molecule is CCC(C)(CCC(C)C)C(=O)[O-].CCC(C)(CCC(C)C)C(=O)[O-].[Ca+2]. The Bertz CT molecular complexity index is 346. The molecule has 0 amide bonds. The summed E-state index contributed by atoms with van der Waals surface area (Å²) in [4.78, 5) is 21.5. The standard InChI is InChI=1S/2C10H20O2.Ca/c2*1-5-10(4,9(11)12)7-6-8(2)3;/h2*8H,5-7H2,1-4H3,(H,11,12);/q;;+2/p-2. The van der Waals surface area contributed by atoms with Crippen LogP contribution in [0.4, 0.5) is 0 Å². The molecular weight excluding hydrogens is 344 g/mol. The fraction of sp³-hybridized carbons (Fsp3) is 0.900. The number of carboxylic acid groups (broad SMARTS) is 2. The predicted molar refractivity (Wildman–Crippen MR) is 101 cm³/mol. The first-order valence-electron chi connectivity index (χ1n) is 9.27. The third-order valence-corrected chi connectivity index (χ3v) is 5.09. The van der Waals surface area contributed by atoms with Crippen molar-refractivity contribution >= 4 is 49.7 Å². The summed E-state index contributed by atoms with van der Waals surface area (Å²) in [5.41, 5.74) is -1.24. The second-order valence-corrected chi connectivity index (χ2v) is 8.27. The van der Waals surface area contributed by atoms with Crippen molar-refractivity contribution in [3.8, 4) is 0 Å². The third kappa shape index (κ3) is 13.1. The second-order valence-electron chi connectivity index (χ2n) is 8.27. The van der Waals surface area contributed by atoms with Crippen LogP contribution in [-0.2, 0) is 9.59 Å². The van der Waals surface area contributed by atoms with Crippen LogP contribution < -0.4 is 10.2 Å². The summed E-state index contributed by atoms with van der Waals surface area (Å²) in [6.07, 6.45) is 4.67. The molecular formula is C20H38CaO4. The molecule has 0 aliphatic carbocycles. The van der Waals surface area contributed by atoms with E-state index in [1.165, 1.54) is 0 Å². The van der Waals surface area contributed by atoms with Crippen LogP contribution in [0, 0.1) is 22.7 Å². The zero-order valence-electron chi connectivity index (χ0n) is 17.7. The van der Waals surface area contributed by atoms with E-state index in [0.717, 1.165) is 25.7 Å².